The van der Waals surface area contributed by atoms with E-state index >= 15 is 0 Å². The van der Waals surface area contributed by atoms with E-state index in [1.165, 1.54) is 17.0 Å². The summed E-state index contributed by atoms with van der Waals surface area (Å²) in [6.07, 6.45) is 0. The Kier molecular flexibility index (Phi) is 8.73. The van der Waals surface area contributed by atoms with Gasteiger partial charge in [-0.25, -0.2) is 4.39 Å². The van der Waals surface area contributed by atoms with E-state index in [0.717, 1.165) is 11.1 Å². The third kappa shape index (κ3) is 7.20. The Morgan fingerprint density at radius 1 is 1.06 bits per heavy atom. The second-order valence-corrected chi connectivity index (χ2v) is 7.82. The molecule has 0 aliphatic rings. The zero-order chi connectivity index (χ0) is 23.0. The predicted molar refractivity (Wildman–Crippen MR) is 118 cm³/mol. The highest BCUT2D eigenvalue weighted by molar-refractivity contribution is 5.98. The number of rotatable bonds is 9. The molecule has 0 heterocycles. The molecule has 2 rings (SSSR count). The second kappa shape index (κ2) is 11.2. The molecule has 166 valence electrons. The minimum Gasteiger partial charge on any atom is -0.350 e. The van der Waals surface area contributed by atoms with Gasteiger partial charge in [-0.15, -0.1) is 0 Å². The third-order valence-electron chi connectivity index (χ3n) is 4.93. The first kappa shape index (κ1) is 24.1. The number of likely N-dealkylation sites (N-methyl/N-ethyl adjacent to an activating group) is 1. The van der Waals surface area contributed by atoms with Crippen molar-refractivity contribution in [3.05, 3.63) is 71.0 Å². The molecule has 0 aromatic heterocycles. The zero-order valence-electron chi connectivity index (χ0n) is 18.4. The molecule has 31 heavy (non-hydrogen) atoms. The number of amides is 3. The van der Waals surface area contributed by atoms with Crippen molar-refractivity contribution in [2.24, 2.45) is 5.92 Å². The Morgan fingerprint density at radius 2 is 1.74 bits per heavy atom. The predicted octanol–water partition coefficient (Wildman–Crippen LogP) is 3.05. The molecule has 1 atom stereocenters. The van der Waals surface area contributed by atoms with E-state index in [1.54, 1.807) is 37.3 Å². The molecule has 0 saturated carbocycles. The first-order valence-electron chi connectivity index (χ1n) is 10.4. The SMILES string of the molecule is CCN(CC(=O)NCc1ccc(F)cc1)C(=O)C(NC(=O)c1cccc(C)c1)C(C)C. The Labute approximate surface area is 182 Å². The van der Waals surface area contributed by atoms with Crippen LogP contribution in [0.4, 0.5) is 4.39 Å². The van der Waals surface area contributed by atoms with Crippen molar-refractivity contribution in [1.82, 2.24) is 15.5 Å². The molecule has 0 saturated heterocycles. The van der Waals surface area contributed by atoms with Crippen molar-refractivity contribution >= 4 is 17.7 Å². The minimum absolute atomic E-state index is 0.125. The van der Waals surface area contributed by atoms with E-state index in [0.29, 0.717) is 12.1 Å². The number of hydrogen-bond donors (Lipinski definition) is 2. The number of nitrogens with zero attached hydrogens (tertiary/aromatic N) is 1. The highest BCUT2D eigenvalue weighted by atomic mass is 19.1. The van der Waals surface area contributed by atoms with Crippen molar-refractivity contribution in [2.75, 3.05) is 13.1 Å². The first-order valence-corrected chi connectivity index (χ1v) is 10.4. The Hall–Kier alpha value is -3.22. The number of benzene rings is 2. The van der Waals surface area contributed by atoms with Gasteiger partial charge >= 0.3 is 0 Å². The van der Waals surface area contributed by atoms with Crippen LogP contribution in [-0.4, -0.2) is 41.8 Å². The lowest BCUT2D eigenvalue weighted by Gasteiger charge is -2.28. The van der Waals surface area contributed by atoms with Gasteiger partial charge in [0.2, 0.25) is 11.8 Å². The fourth-order valence-corrected chi connectivity index (χ4v) is 3.10. The first-order chi connectivity index (χ1) is 14.7. The van der Waals surface area contributed by atoms with E-state index in [2.05, 4.69) is 10.6 Å². The lowest BCUT2D eigenvalue weighted by atomic mass is 10.0. The number of carbonyl (C=O) groups is 3. The summed E-state index contributed by atoms with van der Waals surface area (Å²) in [5.41, 5.74) is 2.20. The van der Waals surface area contributed by atoms with E-state index in [4.69, 9.17) is 0 Å². The number of nitrogens with one attached hydrogen (secondary N) is 2. The van der Waals surface area contributed by atoms with Gasteiger partial charge in [0.05, 0.1) is 6.54 Å². The van der Waals surface area contributed by atoms with Crippen LogP contribution < -0.4 is 10.6 Å². The van der Waals surface area contributed by atoms with Crippen LogP contribution >= 0.6 is 0 Å². The summed E-state index contributed by atoms with van der Waals surface area (Å²) >= 11 is 0. The molecular formula is C24H30FN3O3. The lowest BCUT2D eigenvalue weighted by molar-refractivity contribution is -0.138. The summed E-state index contributed by atoms with van der Waals surface area (Å²) in [7, 11) is 0. The summed E-state index contributed by atoms with van der Waals surface area (Å²) in [4.78, 5) is 39.5. The van der Waals surface area contributed by atoms with E-state index in [-0.39, 0.29) is 42.5 Å². The molecule has 0 aliphatic carbocycles. The monoisotopic (exact) mass is 427 g/mol. The van der Waals surface area contributed by atoms with Crippen LogP contribution in [0.25, 0.3) is 0 Å². The molecule has 2 N–H and O–H groups in total. The summed E-state index contributed by atoms with van der Waals surface area (Å²) < 4.78 is 13.0. The Morgan fingerprint density at radius 3 is 2.32 bits per heavy atom. The minimum atomic E-state index is -0.752. The van der Waals surface area contributed by atoms with Gasteiger partial charge in [0, 0.05) is 18.7 Å². The molecule has 0 spiro atoms. The smallest absolute Gasteiger partial charge is 0.251 e. The maximum Gasteiger partial charge on any atom is 0.251 e. The summed E-state index contributed by atoms with van der Waals surface area (Å²) in [6.45, 7) is 7.81. The quantitative estimate of drug-likeness (QED) is 0.646. The second-order valence-electron chi connectivity index (χ2n) is 7.82. The van der Waals surface area contributed by atoms with Gasteiger partial charge in [-0.05, 0) is 49.6 Å². The maximum absolute atomic E-state index is 13.1. The molecule has 1 unspecified atom stereocenters. The number of aryl methyl sites for hydroxylation is 1. The summed E-state index contributed by atoms with van der Waals surface area (Å²) in [5, 5.41) is 5.55. The molecule has 0 bridgehead atoms. The van der Waals surface area contributed by atoms with Crippen molar-refractivity contribution in [1.29, 1.82) is 0 Å². The van der Waals surface area contributed by atoms with Crippen molar-refractivity contribution in [3.63, 3.8) is 0 Å². The molecule has 6 nitrogen and oxygen atoms in total. The average Bonchev–Trinajstić information content (AvgIpc) is 2.74. The van der Waals surface area contributed by atoms with Gasteiger partial charge in [0.1, 0.15) is 11.9 Å². The fourth-order valence-electron chi connectivity index (χ4n) is 3.10. The molecule has 3 amide bonds. The highest BCUT2D eigenvalue weighted by Gasteiger charge is 2.29. The van der Waals surface area contributed by atoms with Crippen LogP contribution in [0.15, 0.2) is 48.5 Å². The molecular weight excluding hydrogens is 397 g/mol. The van der Waals surface area contributed by atoms with Crippen LogP contribution in [0.1, 0.15) is 42.3 Å². The van der Waals surface area contributed by atoms with Gasteiger partial charge in [-0.2, -0.15) is 0 Å². The van der Waals surface area contributed by atoms with Crippen LogP contribution in [0.3, 0.4) is 0 Å². The van der Waals surface area contributed by atoms with Crippen LogP contribution in [0.2, 0.25) is 0 Å². The van der Waals surface area contributed by atoms with Gasteiger partial charge in [-0.3, -0.25) is 14.4 Å². The lowest BCUT2D eigenvalue weighted by Crippen LogP contribution is -2.53. The van der Waals surface area contributed by atoms with Crippen LogP contribution in [-0.2, 0) is 16.1 Å². The van der Waals surface area contributed by atoms with Crippen LogP contribution in [0.5, 0.6) is 0 Å². The topological polar surface area (TPSA) is 78.5 Å². The molecule has 2 aromatic rings. The number of carbonyl (C=O) groups excluding carboxylic acids is 3. The van der Waals surface area contributed by atoms with Crippen molar-refractivity contribution in [2.45, 2.75) is 40.3 Å². The van der Waals surface area contributed by atoms with Gasteiger partial charge in [-0.1, -0.05) is 43.7 Å². The van der Waals surface area contributed by atoms with E-state index in [9.17, 15) is 18.8 Å². The standard InChI is InChI=1S/C24H30FN3O3/c1-5-28(15-21(29)26-14-18-9-11-20(25)12-10-18)24(31)22(16(2)3)27-23(30)19-8-6-7-17(4)13-19/h6-13,16,22H,5,14-15H2,1-4H3,(H,26,29)(H,27,30). The molecule has 0 fully saturated rings. The van der Waals surface area contributed by atoms with Crippen molar-refractivity contribution < 1.29 is 18.8 Å². The molecule has 0 aliphatic heterocycles. The van der Waals surface area contributed by atoms with Gasteiger partial charge in [0.25, 0.3) is 5.91 Å². The largest absolute Gasteiger partial charge is 0.350 e. The molecule has 7 heteroatoms. The normalized spacial score (nSPS) is 11.7. The van der Waals surface area contributed by atoms with Crippen molar-refractivity contribution in [3.8, 4) is 0 Å². The zero-order valence-corrected chi connectivity index (χ0v) is 18.4. The number of hydrogen-bond acceptors (Lipinski definition) is 3. The molecule has 2 aromatic carbocycles. The third-order valence-corrected chi connectivity index (χ3v) is 4.93. The van der Waals surface area contributed by atoms with Gasteiger partial charge < -0.3 is 15.5 Å². The number of halogens is 1. The van der Waals surface area contributed by atoms with E-state index in [1.807, 2.05) is 26.8 Å². The summed E-state index contributed by atoms with van der Waals surface area (Å²) in [6, 6.07) is 12.2. The van der Waals surface area contributed by atoms with Gasteiger partial charge in [0.15, 0.2) is 0 Å². The van der Waals surface area contributed by atoms with E-state index < -0.39 is 6.04 Å². The summed E-state index contributed by atoms with van der Waals surface area (Å²) in [5.74, 6) is -1.46. The Bertz CT molecular complexity index is 913. The fraction of sp³-hybridized carbons (Fsp3) is 0.375. The average molecular weight is 428 g/mol. The maximum atomic E-state index is 13.1. The Balaban J connectivity index is 2.00. The van der Waals surface area contributed by atoms with Crippen LogP contribution in [0, 0.1) is 18.7 Å². The highest BCUT2D eigenvalue weighted by Crippen LogP contribution is 2.10. The molecule has 0 radical (unpaired) electrons.